The number of allylic oxidation sites excluding steroid dienone is 3. The molecule has 1 aliphatic carbocycles. The molecule has 0 unspecified atom stereocenters. The molecule has 0 bridgehead atoms. The Morgan fingerprint density at radius 3 is 2.33 bits per heavy atom. The molecule has 2 heteroatoms. The van der Waals surface area contributed by atoms with Gasteiger partial charge in [-0.05, 0) is 38.5 Å². The van der Waals surface area contributed by atoms with Crippen molar-refractivity contribution in [3.05, 3.63) is 24.3 Å². The number of carbonyl (C=O) groups is 1. The summed E-state index contributed by atoms with van der Waals surface area (Å²) in [6, 6.07) is 0. The highest BCUT2D eigenvalue weighted by Gasteiger charge is 2.32. The summed E-state index contributed by atoms with van der Waals surface area (Å²) in [5.74, 6) is 0.713. The third kappa shape index (κ3) is 6.04. The minimum atomic E-state index is 0.345. The van der Waals surface area contributed by atoms with Crippen molar-refractivity contribution in [2.75, 3.05) is 13.1 Å². The first kappa shape index (κ1) is 15.0. The summed E-state index contributed by atoms with van der Waals surface area (Å²) in [6.45, 7) is 5.97. The van der Waals surface area contributed by atoms with Gasteiger partial charge >= 0.3 is 0 Å². The highest BCUT2D eigenvalue weighted by Crippen LogP contribution is 2.31. The van der Waals surface area contributed by atoms with Crippen molar-refractivity contribution < 1.29 is 4.79 Å². The molecule has 1 saturated carbocycles. The number of amides is 1. The van der Waals surface area contributed by atoms with Crippen LogP contribution in [0.4, 0.5) is 0 Å². The van der Waals surface area contributed by atoms with Crippen LogP contribution in [-0.2, 0) is 4.79 Å². The molecule has 0 aromatic rings. The Morgan fingerprint density at radius 1 is 1.11 bits per heavy atom. The molecule has 1 aliphatic rings. The van der Waals surface area contributed by atoms with Crippen LogP contribution in [0, 0.1) is 5.92 Å². The van der Waals surface area contributed by atoms with E-state index < -0.39 is 0 Å². The Hall–Kier alpha value is -1.05. The van der Waals surface area contributed by atoms with Crippen molar-refractivity contribution in [3.8, 4) is 0 Å². The number of unbranched alkanes of at least 4 members (excludes halogenated alkanes) is 1. The molecule has 0 aromatic heterocycles. The van der Waals surface area contributed by atoms with Crippen molar-refractivity contribution >= 4 is 5.91 Å². The van der Waals surface area contributed by atoms with Crippen LogP contribution >= 0.6 is 0 Å². The summed E-state index contributed by atoms with van der Waals surface area (Å²) in [7, 11) is 0. The van der Waals surface area contributed by atoms with Crippen molar-refractivity contribution in [2.45, 2.75) is 52.4 Å². The monoisotopic (exact) mass is 249 g/mol. The van der Waals surface area contributed by atoms with Gasteiger partial charge in [-0.1, -0.05) is 38.2 Å². The van der Waals surface area contributed by atoms with E-state index in [1.165, 1.54) is 0 Å². The smallest absolute Gasteiger partial charge is 0.225 e. The molecular formula is C16H27NO. The topological polar surface area (TPSA) is 20.3 Å². The van der Waals surface area contributed by atoms with Gasteiger partial charge in [-0.3, -0.25) is 4.79 Å². The van der Waals surface area contributed by atoms with Crippen LogP contribution < -0.4 is 0 Å². The zero-order chi connectivity index (χ0) is 13.2. The molecule has 0 saturated heterocycles. The van der Waals surface area contributed by atoms with Gasteiger partial charge < -0.3 is 4.90 Å². The standard InChI is InChI=1S/C16H27NO/c1-3-5-6-7-8-9-10-14-17(13-4-2)16(18)15-11-12-15/h5-6,9-10,15H,3-4,7-8,11-14H2,1-2H3/b6-5-,10-9-. The second kappa shape index (κ2) is 8.96. The van der Waals surface area contributed by atoms with E-state index in [4.69, 9.17) is 0 Å². The maximum atomic E-state index is 12.0. The van der Waals surface area contributed by atoms with E-state index in [2.05, 4.69) is 38.2 Å². The Kier molecular flexibility index (Phi) is 7.47. The van der Waals surface area contributed by atoms with Crippen molar-refractivity contribution in [2.24, 2.45) is 5.92 Å². The molecule has 0 aromatic carbocycles. The molecule has 1 fully saturated rings. The fourth-order valence-electron chi connectivity index (χ4n) is 1.95. The molecule has 0 radical (unpaired) electrons. The second-order valence-corrected chi connectivity index (χ2v) is 4.99. The van der Waals surface area contributed by atoms with Crippen LogP contribution in [0.15, 0.2) is 24.3 Å². The molecule has 0 atom stereocenters. The summed E-state index contributed by atoms with van der Waals surface area (Å²) < 4.78 is 0. The van der Waals surface area contributed by atoms with Crippen LogP contribution in [0.5, 0.6) is 0 Å². The third-order valence-corrected chi connectivity index (χ3v) is 3.13. The predicted molar refractivity (Wildman–Crippen MR) is 77.4 cm³/mol. The SMILES string of the molecule is CC/C=C\CC/C=C\CN(CCC)C(=O)C1CC1. The summed E-state index contributed by atoms with van der Waals surface area (Å²) in [6.07, 6.45) is 15.3. The van der Waals surface area contributed by atoms with Crippen LogP contribution in [0.2, 0.25) is 0 Å². The normalized spacial score (nSPS) is 15.7. The fraction of sp³-hybridized carbons (Fsp3) is 0.688. The Labute approximate surface area is 112 Å². The van der Waals surface area contributed by atoms with Gasteiger partial charge in [0.25, 0.3) is 0 Å². The van der Waals surface area contributed by atoms with E-state index in [1.54, 1.807) is 0 Å². The van der Waals surface area contributed by atoms with Gasteiger partial charge in [-0.2, -0.15) is 0 Å². The minimum absolute atomic E-state index is 0.345. The summed E-state index contributed by atoms with van der Waals surface area (Å²) in [5, 5.41) is 0. The van der Waals surface area contributed by atoms with E-state index in [0.29, 0.717) is 11.8 Å². The largest absolute Gasteiger partial charge is 0.339 e. The van der Waals surface area contributed by atoms with Gasteiger partial charge in [0.1, 0.15) is 0 Å². The predicted octanol–water partition coefficient (Wildman–Crippen LogP) is 3.94. The molecule has 1 amide bonds. The number of carbonyl (C=O) groups excluding carboxylic acids is 1. The van der Waals surface area contributed by atoms with E-state index in [-0.39, 0.29) is 0 Å². The molecular weight excluding hydrogens is 222 g/mol. The average molecular weight is 249 g/mol. The van der Waals surface area contributed by atoms with E-state index in [1.807, 2.05) is 4.90 Å². The summed E-state index contributed by atoms with van der Waals surface area (Å²) in [5.41, 5.74) is 0. The van der Waals surface area contributed by atoms with Gasteiger partial charge in [0.15, 0.2) is 0 Å². The quantitative estimate of drug-likeness (QED) is 0.448. The molecule has 0 aliphatic heterocycles. The molecule has 102 valence electrons. The lowest BCUT2D eigenvalue weighted by atomic mass is 10.2. The Balaban J connectivity index is 2.21. The molecule has 0 heterocycles. The first-order valence-electron chi connectivity index (χ1n) is 7.38. The number of hydrogen-bond acceptors (Lipinski definition) is 1. The van der Waals surface area contributed by atoms with Crippen LogP contribution in [0.25, 0.3) is 0 Å². The van der Waals surface area contributed by atoms with Gasteiger partial charge in [0, 0.05) is 19.0 Å². The Bertz CT molecular complexity index is 289. The first-order valence-corrected chi connectivity index (χ1v) is 7.38. The van der Waals surface area contributed by atoms with Crippen LogP contribution in [0.3, 0.4) is 0 Å². The van der Waals surface area contributed by atoms with Gasteiger partial charge in [-0.25, -0.2) is 0 Å². The van der Waals surface area contributed by atoms with Crippen LogP contribution in [-0.4, -0.2) is 23.9 Å². The highest BCUT2D eigenvalue weighted by molar-refractivity contribution is 5.81. The summed E-state index contributed by atoms with van der Waals surface area (Å²) >= 11 is 0. The number of rotatable bonds is 9. The molecule has 0 N–H and O–H groups in total. The molecule has 18 heavy (non-hydrogen) atoms. The lowest BCUT2D eigenvalue weighted by molar-refractivity contribution is -0.132. The third-order valence-electron chi connectivity index (χ3n) is 3.13. The average Bonchev–Trinajstić information content (AvgIpc) is 3.20. The molecule has 1 rings (SSSR count). The molecule has 2 nitrogen and oxygen atoms in total. The van der Waals surface area contributed by atoms with Crippen molar-refractivity contribution in [3.63, 3.8) is 0 Å². The van der Waals surface area contributed by atoms with Crippen LogP contribution in [0.1, 0.15) is 52.4 Å². The van der Waals surface area contributed by atoms with Crippen molar-refractivity contribution in [1.82, 2.24) is 4.90 Å². The number of nitrogens with zero attached hydrogens (tertiary/aromatic N) is 1. The van der Waals surface area contributed by atoms with E-state index >= 15 is 0 Å². The highest BCUT2D eigenvalue weighted by atomic mass is 16.2. The zero-order valence-electron chi connectivity index (χ0n) is 11.9. The van der Waals surface area contributed by atoms with Gasteiger partial charge in [0.05, 0.1) is 0 Å². The van der Waals surface area contributed by atoms with Crippen molar-refractivity contribution in [1.29, 1.82) is 0 Å². The van der Waals surface area contributed by atoms with E-state index in [0.717, 1.165) is 51.6 Å². The zero-order valence-corrected chi connectivity index (χ0v) is 11.9. The summed E-state index contributed by atoms with van der Waals surface area (Å²) in [4.78, 5) is 14.0. The maximum Gasteiger partial charge on any atom is 0.225 e. The minimum Gasteiger partial charge on any atom is -0.339 e. The van der Waals surface area contributed by atoms with Gasteiger partial charge in [0.2, 0.25) is 5.91 Å². The first-order chi connectivity index (χ1) is 8.79. The Morgan fingerprint density at radius 2 is 1.78 bits per heavy atom. The lowest BCUT2D eigenvalue weighted by Crippen LogP contribution is -2.33. The molecule has 0 spiro atoms. The lowest BCUT2D eigenvalue weighted by Gasteiger charge is -2.20. The number of hydrogen-bond donors (Lipinski definition) is 0. The van der Waals surface area contributed by atoms with E-state index in [9.17, 15) is 4.79 Å². The van der Waals surface area contributed by atoms with Gasteiger partial charge in [-0.15, -0.1) is 0 Å². The second-order valence-electron chi connectivity index (χ2n) is 4.99. The fourth-order valence-corrected chi connectivity index (χ4v) is 1.95. The maximum absolute atomic E-state index is 12.0.